The van der Waals surface area contributed by atoms with Crippen LogP contribution in [0.5, 0.6) is 0 Å². The van der Waals surface area contributed by atoms with Gasteiger partial charge in [0.1, 0.15) is 0 Å². The number of nitrogens with one attached hydrogen (secondary N) is 1. The van der Waals surface area contributed by atoms with E-state index < -0.39 is 0 Å². The highest BCUT2D eigenvalue weighted by Gasteiger charge is 2.21. The predicted octanol–water partition coefficient (Wildman–Crippen LogP) is 0.307. The van der Waals surface area contributed by atoms with Crippen molar-refractivity contribution in [2.75, 3.05) is 57.4 Å². The summed E-state index contributed by atoms with van der Waals surface area (Å²) in [5.74, 6) is 0.711. The number of aryl methyl sites for hydroxylation is 1. The SMILES string of the molecule is CC(CN1CCOCC1)NCC1CCN(c2cnn(C)c(=O)c2)CC1. The third-order valence-corrected chi connectivity index (χ3v) is 5.32. The molecular weight excluding hydrogens is 318 g/mol. The highest BCUT2D eigenvalue weighted by molar-refractivity contribution is 5.43. The van der Waals surface area contributed by atoms with E-state index in [1.165, 1.54) is 4.68 Å². The topological polar surface area (TPSA) is 62.6 Å². The second-order valence-corrected chi connectivity index (χ2v) is 7.33. The second-order valence-electron chi connectivity index (χ2n) is 7.33. The molecule has 0 saturated carbocycles. The van der Waals surface area contributed by atoms with Crippen LogP contribution in [0.4, 0.5) is 5.69 Å². The number of anilines is 1. The van der Waals surface area contributed by atoms with Crippen molar-refractivity contribution >= 4 is 5.69 Å². The van der Waals surface area contributed by atoms with E-state index in [2.05, 4.69) is 27.1 Å². The van der Waals surface area contributed by atoms with Gasteiger partial charge in [0.2, 0.25) is 0 Å². The van der Waals surface area contributed by atoms with Crippen molar-refractivity contribution in [3.05, 3.63) is 22.6 Å². The Morgan fingerprint density at radius 1 is 1.28 bits per heavy atom. The standard InChI is InChI=1S/C18H31N5O2/c1-15(14-22-7-9-25-10-8-22)19-12-16-3-5-23(6-4-16)17-11-18(24)21(2)20-13-17/h11,13,15-16,19H,3-10,12,14H2,1-2H3. The van der Waals surface area contributed by atoms with E-state index in [4.69, 9.17) is 4.74 Å². The summed E-state index contributed by atoms with van der Waals surface area (Å²) < 4.78 is 6.78. The van der Waals surface area contributed by atoms with Gasteiger partial charge in [-0.15, -0.1) is 0 Å². The fourth-order valence-corrected chi connectivity index (χ4v) is 3.63. The molecule has 140 valence electrons. The molecule has 1 unspecified atom stereocenters. The van der Waals surface area contributed by atoms with Crippen molar-refractivity contribution in [3.63, 3.8) is 0 Å². The molecule has 1 N–H and O–H groups in total. The van der Waals surface area contributed by atoms with Crippen molar-refractivity contribution in [1.82, 2.24) is 20.0 Å². The fraction of sp³-hybridized carbons (Fsp3) is 0.778. The van der Waals surface area contributed by atoms with Gasteiger partial charge in [0.25, 0.3) is 5.56 Å². The normalized spacial score (nSPS) is 21.4. The molecule has 0 aromatic carbocycles. The molecule has 2 saturated heterocycles. The van der Waals surface area contributed by atoms with Gasteiger partial charge in [-0.05, 0) is 32.2 Å². The number of aromatic nitrogens is 2. The number of ether oxygens (including phenoxy) is 1. The molecule has 0 amide bonds. The van der Waals surface area contributed by atoms with Gasteiger partial charge in [-0.1, -0.05) is 0 Å². The quantitative estimate of drug-likeness (QED) is 0.797. The number of hydrogen-bond acceptors (Lipinski definition) is 6. The Labute approximate surface area is 149 Å². The molecule has 7 heteroatoms. The van der Waals surface area contributed by atoms with Gasteiger partial charge in [0.15, 0.2) is 0 Å². The third kappa shape index (κ3) is 5.26. The van der Waals surface area contributed by atoms with Crippen molar-refractivity contribution in [1.29, 1.82) is 0 Å². The second kappa shape index (κ2) is 8.78. The van der Waals surface area contributed by atoms with Gasteiger partial charge in [-0.25, -0.2) is 4.68 Å². The van der Waals surface area contributed by atoms with Crippen LogP contribution in [0.3, 0.4) is 0 Å². The lowest BCUT2D eigenvalue weighted by atomic mass is 9.96. The lowest BCUT2D eigenvalue weighted by molar-refractivity contribution is 0.0342. The van der Waals surface area contributed by atoms with Crippen LogP contribution >= 0.6 is 0 Å². The maximum Gasteiger partial charge on any atom is 0.268 e. The molecule has 1 atom stereocenters. The Kier molecular flexibility index (Phi) is 6.45. The number of hydrogen-bond donors (Lipinski definition) is 1. The third-order valence-electron chi connectivity index (χ3n) is 5.32. The maximum atomic E-state index is 11.7. The van der Waals surface area contributed by atoms with Crippen molar-refractivity contribution in [2.45, 2.75) is 25.8 Å². The highest BCUT2D eigenvalue weighted by atomic mass is 16.5. The summed E-state index contributed by atoms with van der Waals surface area (Å²) in [4.78, 5) is 16.5. The van der Waals surface area contributed by atoms with Crippen molar-refractivity contribution < 1.29 is 4.74 Å². The Morgan fingerprint density at radius 3 is 2.68 bits per heavy atom. The first-order chi connectivity index (χ1) is 12.1. The summed E-state index contributed by atoms with van der Waals surface area (Å²) in [5.41, 5.74) is 0.911. The van der Waals surface area contributed by atoms with E-state index in [-0.39, 0.29) is 5.56 Å². The average molecular weight is 349 g/mol. The first-order valence-corrected chi connectivity index (χ1v) is 9.43. The zero-order valence-corrected chi connectivity index (χ0v) is 15.5. The van der Waals surface area contributed by atoms with Crippen LogP contribution in [0, 0.1) is 5.92 Å². The maximum absolute atomic E-state index is 11.7. The first-order valence-electron chi connectivity index (χ1n) is 9.43. The summed E-state index contributed by atoms with van der Waals surface area (Å²) in [6.45, 7) is 10.3. The number of piperidine rings is 1. The van der Waals surface area contributed by atoms with Gasteiger partial charge in [0, 0.05) is 51.9 Å². The Hall–Kier alpha value is -1.44. The molecule has 25 heavy (non-hydrogen) atoms. The lowest BCUT2D eigenvalue weighted by Gasteiger charge is -2.34. The zero-order chi connectivity index (χ0) is 17.6. The summed E-state index contributed by atoms with van der Waals surface area (Å²) >= 11 is 0. The van der Waals surface area contributed by atoms with Crippen molar-refractivity contribution in [3.8, 4) is 0 Å². The molecule has 0 aliphatic carbocycles. The molecule has 7 nitrogen and oxygen atoms in total. The minimum Gasteiger partial charge on any atom is -0.379 e. The lowest BCUT2D eigenvalue weighted by Crippen LogP contribution is -2.46. The van der Waals surface area contributed by atoms with Crippen LogP contribution in [0.2, 0.25) is 0 Å². The number of rotatable bonds is 6. The summed E-state index contributed by atoms with van der Waals surface area (Å²) in [6.07, 6.45) is 4.11. The van der Waals surface area contributed by atoms with E-state index in [1.807, 2.05) is 0 Å². The molecule has 0 bridgehead atoms. The number of nitrogens with zero attached hydrogens (tertiary/aromatic N) is 4. The average Bonchev–Trinajstić information content (AvgIpc) is 2.64. The van der Waals surface area contributed by atoms with E-state index in [0.29, 0.717) is 12.0 Å². The Balaban J connectivity index is 1.38. The molecule has 2 fully saturated rings. The van der Waals surface area contributed by atoms with E-state index in [0.717, 1.165) is 71.0 Å². The van der Waals surface area contributed by atoms with Gasteiger partial charge < -0.3 is 15.0 Å². The van der Waals surface area contributed by atoms with Crippen LogP contribution in [-0.4, -0.2) is 73.2 Å². The molecule has 0 radical (unpaired) electrons. The molecule has 2 aliphatic heterocycles. The Morgan fingerprint density at radius 2 is 2.00 bits per heavy atom. The van der Waals surface area contributed by atoms with Crippen LogP contribution in [0.15, 0.2) is 17.1 Å². The zero-order valence-electron chi connectivity index (χ0n) is 15.5. The number of morpholine rings is 1. The summed E-state index contributed by atoms with van der Waals surface area (Å²) in [7, 11) is 1.68. The monoisotopic (exact) mass is 349 g/mol. The van der Waals surface area contributed by atoms with E-state index in [9.17, 15) is 4.79 Å². The smallest absolute Gasteiger partial charge is 0.268 e. The van der Waals surface area contributed by atoms with E-state index >= 15 is 0 Å². The van der Waals surface area contributed by atoms with Crippen LogP contribution < -0.4 is 15.8 Å². The van der Waals surface area contributed by atoms with Crippen LogP contribution in [0.25, 0.3) is 0 Å². The van der Waals surface area contributed by atoms with Gasteiger partial charge >= 0.3 is 0 Å². The predicted molar refractivity (Wildman–Crippen MR) is 99.1 cm³/mol. The van der Waals surface area contributed by atoms with E-state index in [1.54, 1.807) is 19.3 Å². The van der Waals surface area contributed by atoms with Gasteiger partial charge in [0.05, 0.1) is 25.1 Å². The van der Waals surface area contributed by atoms with Gasteiger partial charge in [-0.3, -0.25) is 9.69 Å². The summed E-state index contributed by atoms with van der Waals surface area (Å²) in [5, 5.41) is 7.83. The minimum atomic E-state index is -0.0433. The molecular formula is C18H31N5O2. The molecule has 2 aliphatic rings. The largest absolute Gasteiger partial charge is 0.379 e. The van der Waals surface area contributed by atoms with Crippen LogP contribution in [0.1, 0.15) is 19.8 Å². The Bertz CT molecular complexity index is 591. The molecule has 0 spiro atoms. The molecule has 1 aromatic rings. The molecule has 3 rings (SSSR count). The summed E-state index contributed by atoms with van der Waals surface area (Å²) in [6, 6.07) is 2.20. The highest BCUT2D eigenvalue weighted by Crippen LogP contribution is 2.21. The molecule has 1 aromatic heterocycles. The van der Waals surface area contributed by atoms with Crippen LogP contribution in [-0.2, 0) is 11.8 Å². The van der Waals surface area contributed by atoms with Gasteiger partial charge in [-0.2, -0.15) is 5.10 Å². The first kappa shape index (κ1) is 18.4. The van der Waals surface area contributed by atoms with Crippen molar-refractivity contribution in [2.24, 2.45) is 13.0 Å². The molecule has 3 heterocycles. The fourth-order valence-electron chi connectivity index (χ4n) is 3.63. The minimum absolute atomic E-state index is 0.0433.